The SMILES string of the molecule is O=C(NCc1ccc(N2CCCC2=O)cc1)c1ccc(-c2ccccc2Cl)o1. The third-order valence-corrected chi connectivity index (χ3v) is 5.07. The van der Waals surface area contributed by atoms with Crippen molar-refractivity contribution >= 4 is 29.1 Å². The number of anilines is 1. The summed E-state index contributed by atoms with van der Waals surface area (Å²) in [6.07, 6.45) is 1.51. The molecule has 0 unspecified atom stereocenters. The van der Waals surface area contributed by atoms with Gasteiger partial charge in [0.05, 0.1) is 5.02 Å². The number of nitrogens with one attached hydrogen (secondary N) is 1. The van der Waals surface area contributed by atoms with Gasteiger partial charge in [-0.1, -0.05) is 35.9 Å². The van der Waals surface area contributed by atoms with Crippen molar-refractivity contribution in [1.82, 2.24) is 5.32 Å². The highest BCUT2D eigenvalue weighted by Gasteiger charge is 2.21. The minimum Gasteiger partial charge on any atom is -0.451 e. The molecule has 0 atom stereocenters. The first kappa shape index (κ1) is 18.3. The fourth-order valence-corrected chi connectivity index (χ4v) is 3.48. The lowest BCUT2D eigenvalue weighted by Crippen LogP contribution is -2.24. The molecule has 1 N–H and O–H groups in total. The summed E-state index contributed by atoms with van der Waals surface area (Å²) >= 11 is 6.17. The van der Waals surface area contributed by atoms with Crippen molar-refractivity contribution in [3.63, 3.8) is 0 Å². The highest BCUT2D eigenvalue weighted by atomic mass is 35.5. The number of carbonyl (C=O) groups excluding carboxylic acids is 2. The zero-order valence-electron chi connectivity index (χ0n) is 15.2. The van der Waals surface area contributed by atoms with Gasteiger partial charge >= 0.3 is 0 Å². The number of furan rings is 1. The normalized spacial score (nSPS) is 13.8. The highest BCUT2D eigenvalue weighted by Crippen LogP contribution is 2.29. The number of halogens is 1. The predicted octanol–water partition coefficient (Wildman–Crippen LogP) is 4.66. The average molecular weight is 395 g/mol. The van der Waals surface area contributed by atoms with Gasteiger partial charge in [-0.3, -0.25) is 9.59 Å². The molecule has 28 heavy (non-hydrogen) atoms. The second kappa shape index (κ2) is 7.90. The van der Waals surface area contributed by atoms with Crippen molar-refractivity contribution in [3.05, 3.63) is 77.0 Å². The van der Waals surface area contributed by atoms with Crippen LogP contribution in [0, 0.1) is 0 Å². The summed E-state index contributed by atoms with van der Waals surface area (Å²) in [5, 5.41) is 3.42. The van der Waals surface area contributed by atoms with E-state index in [0.29, 0.717) is 23.7 Å². The van der Waals surface area contributed by atoms with Crippen molar-refractivity contribution in [3.8, 4) is 11.3 Å². The standard InChI is InChI=1S/C22H19ClN2O3/c23-18-5-2-1-4-17(18)19-11-12-20(28-19)22(27)24-14-15-7-9-16(10-8-15)25-13-3-6-21(25)26/h1-2,4-5,7-12H,3,6,13-14H2,(H,24,27). The molecular weight excluding hydrogens is 376 g/mol. The Hall–Kier alpha value is -3.05. The Morgan fingerprint density at radius 3 is 2.57 bits per heavy atom. The van der Waals surface area contributed by atoms with E-state index in [0.717, 1.165) is 29.8 Å². The summed E-state index contributed by atoms with van der Waals surface area (Å²) < 4.78 is 5.66. The third kappa shape index (κ3) is 3.80. The maximum Gasteiger partial charge on any atom is 0.287 e. The molecule has 6 heteroatoms. The molecule has 1 aliphatic heterocycles. The molecule has 1 saturated heterocycles. The molecule has 2 heterocycles. The lowest BCUT2D eigenvalue weighted by atomic mass is 10.2. The van der Waals surface area contributed by atoms with E-state index in [9.17, 15) is 9.59 Å². The molecule has 0 aliphatic carbocycles. The first-order chi connectivity index (χ1) is 13.6. The zero-order valence-corrected chi connectivity index (χ0v) is 15.9. The largest absolute Gasteiger partial charge is 0.451 e. The number of nitrogens with zero attached hydrogens (tertiary/aromatic N) is 1. The van der Waals surface area contributed by atoms with E-state index in [1.165, 1.54) is 0 Å². The van der Waals surface area contributed by atoms with Crippen LogP contribution in [0.15, 0.2) is 65.1 Å². The fraction of sp³-hybridized carbons (Fsp3) is 0.182. The molecule has 2 aromatic carbocycles. The Labute approximate surface area is 167 Å². The molecule has 0 radical (unpaired) electrons. The molecule has 4 rings (SSSR count). The van der Waals surface area contributed by atoms with Crippen molar-refractivity contribution in [2.45, 2.75) is 19.4 Å². The topological polar surface area (TPSA) is 62.6 Å². The fourth-order valence-electron chi connectivity index (χ4n) is 3.25. The van der Waals surface area contributed by atoms with Gasteiger partial charge in [0, 0.05) is 30.8 Å². The summed E-state index contributed by atoms with van der Waals surface area (Å²) in [4.78, 5) is 26.0. The van der Waals surface area contributed by atoms with E-state index in [1.807, 2.05) is 42.5 Å². The molecule has 1 aliphatic rings. The van der Waals surface area contributed by atoms with Crippen LogP contribution in [0.2, 0.25) is 5.02 Å². The van der Waals surface area contributed by atoms with Gasteiger partial charge in [0.1, 0.15) is 5.76 Å². The summed E-state index contributed by atoms with van der Waals surface area (Å²) in [6, 6.07) is 18.3. The monoisotopic (exact) mass is 394 g/mol. The van der Waals surface area contributed by atoms with Crippen molar-refractivity contribution in [1.29, 1.82) is 0 Å². The maximum atomic E-state index is 12.4. The Bertz CT molecular complexity index is 1010. The molecule has 0 spiro atoms. The van der Waals surface area contributed by atoms with E-state index in [4.69, 9.17) is 16.0 Å². The van der Waals surface area contributed by atoms with Gasteiger partial charge in [-0.05, 0) is 48.4 Å². The molecule has 2 amide bonds. The first-order valence-corrected chi connectivity index (χ1v) is 9.52. The minimum absolute atomic E-state index is 0.160. The van der Waals surface area contributed by atoms with Crippen molar-refractivity contribution in [2.24, 2.45) is 0 Å². The van der Waals surface area contributed by atoms with Crippen molar-refractivity contribution < 1.29 is 14.0 Å². The van der Waals surface area contributed by atoms with Crippen LogP contribution < -0.4 is 10.2 Å². The Morgan fingerprint density at radius 2 is 1.86 bits per heavy atom. The van der Waals surface area contributed by atoms with Crippen LogP contribution in [0.5, 0.6) is 0 Å². The zero-order chi connectivity index (χ0) is 19.5. The van der Waals surface area contributed by atoms with Gasteiger partial charge < -0.3 is 14.6 Å². The quantitative estimate of drug-likeness (QED) is 0.684. The third-order valence-electron chi connectivity index (χ3n) is 4.74. The summed E-state index contributed by atoms with van der Waals surface area (Å²) in [5.74, 6) is 0.648. The molecule has 3 aromatic rings. The predicted molar refractivity (Wildman–Crippen MR) is 108 cm³/mol. The Kier molecular flexibility index (Phi) is 5.17. The molecular formula is C22H19ClN2O3. The number of carbonyl (C=O) groups is 2. The van der Waals surface area contributed by atoms with Crippen LogP contribution in [0.3, 0.4) is 0 Å². The van der Waals surface area contributed by atoms with Crippen LogP contribution in [0.4, 0.5) is 5.69 Å². The van der Waals surface area contributed by atoms with E-state index in [1.54, 1.807) is 23.1 Å². The highest BCUT2D eigenvalue weighted by molar-refractivity contribution is 6.33. The van der Waals surface area contributed by atoms with Crippen LogP contribution in [0.1, 0.15) is 29.0 Å². The molecule has 5 nitrogen and oxygen atoms in total. The summed E-state index contributed by atoms with van der Waals surface area (Å²) in [7, 11) is 0. The summed E-state index contributed by atoms with van der Waals surface area (Å²) in [6.45, 7) is 1.14. The van der Waals surface area contributed by atoms with Crippen LogP contribution >= 0.6 is 11.6 Å². The van der Waals surface area contributed by atoms with E-state index < -0.39 is 0 Å². The number of hydrogen-bond donors (Lipinski definition) is 1. The smallest absolute Gasteiger partial charge is 0.287 e. The van der Waals surface area contributed by atoms with Gasteiger partial charge in [-0.2, -0.15) is 0 Å². The lowest BCUT2D eigenvalue weighted by molar-refractivity contribution is -0.117. The number of rotatable bonds is 5. The van der Waals surface area contributed by atoms with Gasteiger partial charge in [0.15, 0.2) is 5.76 Å². The number of hydrogen-bond acceptors (Lipinski definition) is 3. The summed E-state index contributed by atoms with van der Waals surface area (Å²) in [5.41, 5.74) is 2.59. The Morgan fingerprint density at radius 1 is 1.07 bits per heavy atom. The van der Waals surface area contributed by atoms with Gasteiger partial charge in [0.2, 0.25) is 5.91 Å². The van der Waals surface area contributed by atoms with Gasteiger partial charge in [0.25, 0.3) is 5.91 Å². The van der Waals surface area contributed by atoms with Crippen molar-refractivity contribution in [2.75, 3.05) is 11.4 Å². The Balaban J connectivity index is 1.38. The number of amides is 2. The van der Waals surface area contributed by atoms with E-state index in [-0.39, 0.29) is 17.6 Å². The molecule has 0 bridgehead atoms. The minimum atomic E-state index is -0.294. The van der Waals surface area contributed by atoms with Crippen LogP contribution in [0.25, 0.3) is 11.3 Å². The molecule has 0 saturated carbocycles. The second-order valence-corrected chi connectivity index (χ2v) is 7.05. The van der Waals surface area contributed by atoms with E-state index >= 15 is 0 Å². The average Bonchev–Trinajstić information content (AvgIpc) is 3.36. The van der Waals surface area contributed by atoms with Crippen LogP contribution in [-0.4, -0.2) is 18.4 Å². The molecule has 142 valence electrons. The lowest BCUT2D eigenvalue weighted by Gasteiger charge is -2.16. The number of benzene rings is 2. The van der Waals surface area contributed by atoms with Gasteiger partial charge in [-0.25, -0.2) is 0 Å². The molecule has 1 aromatic heterocycles. The second-order valence-electron chi connectivity index (χ2n) is 6.64. The van der Waals surface area contributed by atoms with Gasteiger partial charge in [-0.15, -0.1) is 0 Å². The molecule has 1 fully saturated rings. The van der Waals surface area contributed by atoms with Crippen LogP contribution in [-0.2, 0) is 11.3 Å². The first-order valence-electron chi connectivity index (χ1n) is 9.14. The van der Waals surface area contributed by atoms with E-state index in [2.05, 4.69) is 5.32 Å². The maximum absolute atomic E-state index is 12.4.